The molecule has 1 atom stereocenters. The highest BCUT2D eigenvalue weighted by Crippen LogP contribution is 2.35. The third kappa shape index (κ3) is 2.80. The number of benzene rings is 2. The van der Waals surface area contributed by atoms with Gasteiger partial charge in [-0.3, -0.25) is 10.1 Å². The van der Waals surface area contributed by atoms with Gasteiger partial charge in [0.2, 0.25) is 0 Å². The summed E-state index contributed by atoms with van der Waals surface area (Å²) in [5.41, 5.74) is 2.11. The first-order chi connectivity index (χ1) is 10.6. The summed E-state index contributed by atoms with van der Waals surface area (Å²) in [6, 6.07) is 14.2. The first-order valence-electron chi connectivity index (χ1n) is 7.38. The second-order valence-electron chi connectivity index (χ2n) is 5.70. The van der Waals surface area contributed by atoms with Crippen molar-refractivity contribution in [2.24, 2.45) is 0 Å². The molecule has 0 amide bonds. The number of hydrogen-bond acceptors (Lipinski definition) is 4. The van der Waals surface area contributed by atoms with Gasteiger partial charge in [0.15, 0.2) is 0 Å². The Morgan fingerprint density at radius 1 is 1.18 bits per heavy atom. The van der Waals surface area contributed by atoms with Gasteiger partial charge in [-0.15, -0.1) is 0 Å². The number of aryl methyl sites for hydroxylation is 1. The Morgan fingerprint density at radius 2 is 1.91 bits per heavy atom. The molecule has 0 heterocycles. The van der Waals surface area contributed by atoms with Crippen molar-refractivity contribution in [1.29, 1.82) is 0 Å². The number of nitrogens with zero attached hydrogens (tertiary/aromatic N) is 1. The second kappa shape index (κ2) is 5.77. The molecule has 0 saturated heterocycles. The summed E-state index contributed by atoms with van der Waals surface area (Å²) in [6.45, 7) is 0.391. The van der Waals surface area contributed by atoms with Crippen LogP contribution in [-0.2, 0) is 12.0 Å². The average Bonchev–Trinajstić information content (AvgIpc) is 2.54. The van der Waals surface area contributed by atoms with E-state index in [1.807, 2.05) is 18.2 Å². The zero-order chi connectivity index (χ0) is 15.6. The molecule has 0 radical (unpaired) electrons. The van der Waals surface area contributed by atoms with Crippen molar-refractivity contribution in [1.82, 2.24) is 0 Å². The highest BCUT2D eigenvalue weighted by molar-refractivity contribution is 5.49. The zero-order valence-corrected chi connectivity index (χ0v) is 12.2. The van der Waals surface area contributed by atoms with Gasteiger partial charge >= 0.3 is 0 Å². The SMILES string of the molecule is O=[N+]([O-])c1ccc(NCC2(O)CCCc3ccccc32)cc1. The molecule has 2 aromatic carbocycles. The molecule has 1 aliphatic carbocycles. The van der Waals surface area contributed by atoms with Gasteiger partial charge in [0.05, 0.1) is 4.92 Å². The lowest BCUT2D eigenvalue weighted by molar-refractivity contribution is -0.384. The van der Waals surface area contributed by atoms with Gasteiger partial charge < -0.3 is 10.4 Å². The van der Waals surface area contributed by atoms with E-state index in [1.54, 1.807) is 12.1 Å². The van der Waals surface area contributed by atoms with Crippen molar-refractivity contribution < 1.29 is 10.0 Å². The third-order valence-corrected chi connectivity index (χ3v) is 4.22. The number of nitro benzene ring substituents is 1. The molecule has 2 N–H and O–H groups in total. The maximum absolute atomic E-state index is 11.0. The molecule has 0 saturated carbocycles. The van der Waals surface area contributed by atoms with Gasteiger partial charge in [-0.1, -0.05) is 24.3 Å². The van der Waals surface area contributed by atoms with E-state index in [4.69, 9.17) is 0 Å². The highest BCUT2D eigenvalue weighted by Gasteiger charge is 2.33. The quantitative estimate of drug-likeness (QED) is 0.671. The van der Waals surface area contributed by atoms with E-state index in [2.05, 4.69) is 11.4 Å². The minimum absolute atomic E-state index is 0.0623. The summed E-state index contributed by atoms with van der Waals surface area (Å²) < 4.78 is 0. The molecule has 3 rings (SSSR count). The molecule has 5 nitrogen and oxygen atoms in total. The van der Waals surface area contributed by atoms with Crippen LogP contribution in [0.4, 0.5) is 11.4 Å². The summed E-state index contributed by atoms with van der Waals surface area (Å²) in [5.74, 6) is 0. The fourth-order valence-electron chi connectivity index (χ4n) is 3.03. The average molecular weight is 298 g/mol. The maximum atomic E-state index is 11.0. The predicted molar refractivity (Wildman–Crippen MR) is 84.9 cm³/mol. The normalized spacial score (nSPS) is 20.2. The van der Waals surface area contributed by atoms with Crippen LogP contribution < -0.4 is 5.32 Å². The Balaban J connectivity index is 1.75. The lowest BCUT2D eigenvalue weighted by Crippen LogP contribution is -2.37. The Hall–Kier alpha value is -2.40. The van der Waals surface area contributed by atoms with Crippen LogP contribution >= 0.6 is 0 Å². The molecule has 1 aliphatic rings. The number of nitrogens with one attached hydrogen (secondary N) is 1. The molecule has 5 heteroatoms. The standard InChI is InChI=1S/C17H18N2O3/c20-17(11-3-5-13-4-1-2-6-16(13)17)12-18-14-7-9-15(10-8-14)19(21)22/h1-2,4,6-10,18,20H,3,5,11-12H2. The number of rotatable bonds is 4. The highest BCUT2D eigenvalue weighted by atomic mass is 16.6. The van der Waals surface area contributed by atoms with Gasteiger partial charge in [-0.05, 0) is 42.5 Å². The molecule has 114 valence electrons. The van der Waals surface area contributed by atoms with Gasteiger partial charge in [0.1, 0.15) is 5.60 Å². The summed E-state index contributed by atoms with van der Waals surface area (Å²) in [5, 5.41) is 24.8. The summed E-state index contributed by atoms with van der Waals surface area (Å²) in [7, 11) is 0. The zero-order valence-electron chi connectivity index (χ0n) is 12.2. The van der Waals surface area contributed by atoms with E-state index in [-0.39, 0.29) is 5.69 Å². The van der Waals surface area contributed by atoms with E-state index in [9.17, 15) is 15.2 Å². The minimum atomic E-state index is -0.892. The van der Waals surface area contributed by atoms with Gasteiger partial charge in [-0.25, -0.2) is 0 Å². The Labute approximate surface area is 128 Å². The van der Waals surface area contributed by atoms with Crippen LogP contribution in [0.2, 0.25) is 0 Å². The van der Waals surface area contributed by atoms with Crippen LogP contribution in [0.3, 0.4) is 0 Å². The van der Waals surface area contributed by atoms with Crippen LogP contribution in [0, 0.1) is 10.1 Å². The maximum Gasteiger partial charge on any atom is 0.269 e. The Morgan fingerprint density at radius 3 is 2.64 bits per heavy atom. The number of fused-ring (bicyclic) bond motifs is 1. The Kier molecular flexibility index (Phi) is 3.81. The van der Waals surface area contributed by atoms with Gasteiger partial charge in [0, 0.05) is 24.4 Å². The van der Waals surface area contributed by atoms with E-state index in [1.165, 1.54) is 17.7 Å². The van der Waals surface area contributed by atoms with Crippen molar-refractivity contribution in [3.63, 3.8) is 0 Å². The number of non-ortho nitro benzene ring substituents is 1. The van der Waals surface area contributed by atoms with Crippen molar-refractivity contribution in [3.8, 4) is 0 Å². The van der Waals surface area contributed by atoms with E-state index >= 15 is 0 Å². The first kappa shape index (κ1) is 14.5. The lowest BCUT2D eigenvalue weighted by Gasteiger charge is -2.35. The van der Waals surface area contributed by atoms with E-state index in [0.29, 0.717) is 13.0 Å². The number of nitro groups is 1. The second-order valence-corrected chi connectivity index (χ2v) is 5.70. The first-order valence-corrected chi connectivity index (χ1v) is 7.38. The van der Waals surface area contributed by atoms with Crippen LogP contribution in [0.15, 0.2) is 48.5 Å². The van der Waals surface area contributed by atoms with Crippen LogP contribution in [-0.4, -0.2) is 16.6 Å². The molecule has 0 spiro atoms. The fraction of sp³-hybridized carbons (Fsp3) is 0.294. The molecule has 1 unspecified atom stereocenters. The minimum Gasteiger partial charge on any atom is -0.383 e. The molecule has 0 bridgehead atoms. The lowest BCUT2D eigenvalue weighted by atomic mass is 9.79. The number of hydrogen-bond donors (Lipinski definition) is 2. The topological polar surface area (TPSA) is 75.4 Å². The molecule has 0 aliphatic heterocycles. The van der Waals surface area contributed by atoms with Crippen molar-refractivity contribution >= 4 is 11.4 Å². The molecule has 0 aromatic heterocycles. The largest absolute Gasteiger partial charge is 0.383 e. The van der Waals surface area contributed by atoms with Crippen LogP contribution in [0.5, 0.6) is 0 Å². The summed E-state index contributed by atoms with van der Waals surface area (Å²) in [4.78, 5) is 10.2. The smallest absolute Gasteiger partial charge is 0.269 e. The molecule has 2 aromatic rings. The molecular formula is C17H18N2O3. The van der Waals surface area contributed by atoms with Gasteiger partial charge in [0.25, 0.3) is 5.69 Å². The third-order valence-electron chi connectivity index (χ3n) is 4.22. The van der Waals surface area contributed by atoms with E-state index in [0.717, 1.165) is 24.1 Å². The van der Waals surface area contributed by atoms with Crippen LogP contribution in [0.1, 0.15) is 24.0 Å². The monoisotopic (exact) mass is 298 g/mol. The fourth-order valence-corrected chi connectivity index (χ4v) is 3.03. The molecule has 0 fully saturated rings. The predicted octanol–water partition coefficient (Wildman–Crippen LogP) is 3.23. The number of anilines is 1. The Bertz CT molecular complexity index is 685. The summed E-state index contributed by atoms with van der Waals surface area (Å²) >= 11 is 0. The van der Waals surface area contributed by atoms with Gasteiger partial charge in [-0.2, -0.15) is 0 Å². The van der Waals surface area contributed by atoms with Crippen molar-refractivity contribution in [2.75, 3.05) is 11.9 Å². The molecular weight excluding hydrogens is 280 g/mol. The molecule has 22 heavy (non-hydrogen) atoms. The summed E-state index contributed by atoms with van der Waals surface area (Å²) in [6.07, 6.45) is 2.66. The van der Waals surface area contributed by atoms with E-state index < -0.39 is 10.5 Å². The van der Waals surface area contributed by atoms with Crippen molar-refractivity contribution in [3.05, 3.63) is 69.8 Å². The van der Waals surface area contributed by atoms with Crippen molar-refractivity contribution in [2.45, 2.75) is 24.9 Å². The number of aliphatic hydroxyl groups is 1. The van der Waals surface area contributed by atoms with Crippen LogP contribution in [0.25, 0.3) is 0 Å².